The fraction of sp³-hybridized carbons (Fsp3) is 0. The molecule has 5 nitrogen and oxygen atoms in total. The molecule has 110 valence electrons. The van der Waals surface area contributed by atoms with Crippen LogP contribution < -0.4 is 10.5 Å². The largest absolute Gasteiger partial charge is 0.388 e. The first kappa shape index (κ1) is 16.2. The van der Waals surface area contributed by atoms with Gasteiger partial charge in [-0.1, -0.05) is 23.8 Å². The van der Waals surface area contributed by atoms with Gasteiger partial charge < -0.3 is 5.73 Å². The van der Waals surface area contributed by atoms with Crippen molar-refractivity contribution >= 4 is 60.4 Å². The molecule has 9 heteroatoms. The zero-order valence-electron chi connectivity index (χ0n) is 10.4. The lowest BCUT2D eigenvalue weighted by Crippen LogP contribution is -2.15. The van der Waals surface area contributed by atoms with Crippen molar-refractivity contribution in [2.24, 2.45) is 5.73 Å². The number of thiocarbonyl (C=S) groups is 1. The summed E-state index contributed by atoms with van der Waals surface area (Å²) in [5.74, 6) is 0. The molecular weight excluding hydrogens is 398 g/mol. The molecule has 2 aromatic rings. The van der Waals surface area contributed by atoms with Crippen LogP contribution in [-0.4, -0.2) is 18.4 Å². The summed E-state index contributed by atoms with van der Waals surface area (Å²) in [5, 5.41) is 0.400. The van der Waals surface area contributed by atoms with E-state index in [0.29, 0.717) is 20.9 Å². The number of rotatable bonds is 4. The number of anilines is 1. The lowest BCUT2D eigenvalue weighted by atomic mass is 10.3. The Morgan fingerprint density at radius 1 is 1.33 bits per heavy atom. The number of pyridine rings is 1. The van der Waals surface area contributed by atoms with Crippen LogP contribution in [0.25, 0.3) is 0 Å². The van der Waals surface area contributed by atoms with E-state index in [-0.39, 0.29) is 9.88 Å². The molecule has 0 aliphatic rings. The number of nitrogens with zero attached hydrogens (tertiary/aromatic N) is 1. The summed E-state index contributed by atoms with van der Waals surface area (Å²) in [4.78, 5) is 4.00. The molecule has 0 saturated heterocycles. The molecule has 0 radical (unpaired) electrons. The third-order valence-corrected chi connectivity index (χ3v) is 5.28. The van der Waals surface area contributed by atoms with Crippen molar-refractivity contribution < 1.29 is 8.42 Å². The molecule has 2 rings (SSSR count). The van der Waals surface area contributed by atoms with Gasteiger partial charge in [0, 0.05) is 10.7 Å². The third kappa shape index (κ3) is 3.91. The van der Waals surface area contributed by atoms with E-state index in [1.165, 1.54) is 24.4 Å². The predicted molar refractivity (Wildman–Crippen MR) is 90.1 cm³/mol. The maximum absolute atomic E-state index is 12.2. The van der Waals surface area contributed by atoms with E-state index >= 15 is 0 Å². The van der Waals surface area contributed by atoms with Crippen LogP contribution in [0.3, 0.4) is 0 Å². The van der Waals surface area contributed by atoms with Gasteiger partial charge in [0.1, 0.15) is 9.88 Å². The van der Waals surface area contributed by atoms with Crippen molar-refractivity contribution in [3.8, 4) is 0 Å². The highest BCUT2D eigenvalue weighted by Crippen LogP contribution is 2.26. The van der Waals surface area contributed by atoms with E-state index in [4.69, 9.17) is 29.6 Å². The van der Waals surface area contributed by atoms with Gasteiger partial charge in [0.05, 0.1) is 16.4 Å². The van der Waals surface area contributed by atoms with Crippen LogP contribution in [0.5, 0.6) is 0 Å². The number of benzene rings is 1. The SMILES string of the molecule is NC(=S)c1ccc(S(=O)(=O)Nc2ccc(Br)c(Cl)c2)cn1. The Kier molecular flexibility index (Phi) is 4.82. The predicted octanol–water partition coefficient (Wildman–Crippen LogP) is 2.93. The van der Waals surface area contributed by atoms with Crippen molar-refractivity contribution in [3.63, 3.8) is 0 Å². The number of hydrogen-bond acceptors (Lipinski definition) is 4. The highest BCUT2D eigenvalue weighted by atomic mass is 79.9. The standard InChI is InChI=1S/C12H9BrClN3O2S2/c13-9-3-1-7(5-10(9)14)17-21(18,19)8-2-4-11(12(15)20)16-6-8/h1-6,17H,(H2,15,20). The second-order valence-electron chi connectivity index (χ2n) is 3.98. The highest BCUT2D eigenvalue weighted by molar-refractivity contribution is 9.10. The van der Waals surface area contributed by atoms with Crippen LogP contribution in [0.15, 0.2) is 45.9 Å². The van der Waals surface area contributed by atoms with Crippen LogP contribution >= 0.6 is 39.7 Å². The van der Waals surface area contributed by atoms with Crippen molar-refractivity contribution in [2.75, 3.05) is 4.72 Å². The molecule has 1 heterocycles. The first-order valence-electron chi connectivity index (χ1n) is 5.53. The molecule has 0 spiro atoms. The minimum Gasteiger partial charge on any atom is -0.388 e. The smallest absolute Gasteiger partial charge is 0.263 e. The molecule has 0 bridgehead atoms. The molecule has 0 unspecified atom stereocenters. The quantitative estimate of drug-likeness (QED) is 0.763. The van der Waals surface area contributed by atoms with Gasteiger partial charge in [-0.3, -0.25) is 9.71 Å². The zero-order chi connectivity index (χ0) is 15.6. The Hall–Kier alpha value is -1.22. The lowest BCUT2D eigenvalue weighted by molar-refractivity contribution is 0.601. The van der Waals surface area contributed by atoms with E-state index in [1.807, 2.05) is 0 Å². The molecule has 0 atom stereocenters. The first-order valence-corrected chi connectivity index (χ1v) is 8.59. The fourth-order valence-electron chi connectivity index (χ4n) is 1.46. The van der Waals surface area contributed by atoms with Gasteiger partial charge in [-0.2, -0.15) is 0 Å². The van der Waals surface area contributed by atoms with Crippen LogP contribution in [0.4, 0.5) is 5.69 Å². The molecule has 0 aliphatic carbocycles. The van der Waals surface area contributed by atoms with Gasteiger partial charge in [-0.25, -0.2) is 8.42 Å². The van der Waals surface area contributed by atoms with Crippen molar-refractivity contribution in [1.82, 2.24) is 4.98 Å². The zero-order valence-corrected chi connectivity index (χ0v) is 14.4. The molecule has 1 aromatic carbocycles. The molecule has 3 N–H and O–H groups in total. The van der Waals surface area contributed by atoms with E-state index in [2.05, 4.69) is 25.6 Å². The molecule has 1 aromatic heterocycles. The first-order chi connectivity index (χ1) is 9.79. The number of hydrogen-bond donors (Lipinski definition) is 2. The van der Waals surface area contributed by atoms with Crippen LogP contribution in [0.2, 0.25) is 5.02 Å². The summed E-state index contributed by atoms with van der Waals surface area (Å²) in [6.07, 6.45) is 1.19. The Balaban J connectivity index is 2.29. The summed E-state index contributed by atoms with van der Waals surface area (Å²) in [5.41, 5.74) is 6.12. The molecule has 0 fully saturated rings. The number of halogens is 2. The minimum atomic E-state index is -3.76. The second kappa shape index (κ2) is 6.27. The fourth-order valence-corrected chi connectivity index (χ4v) is 3.00. The number of nitrogens with one attached hydrogen (secondary N) is 1. The summed E-state index contributed by atoms with van der Waals surface area (Å²) >= 11 is 13.9. The lowest BCUT2D eigenvalue weighted by Gasteiger charge is -2.09. The van der Waals surface area contributed by atoms with Gasteiger partial charge in [-0.15, -0.1) is 0 Å². The number of nitrogens with two attached hydrogens (primary N) is 1. The Labute approximate surface area is 140 Å². The third-order valence-electron chi connectivity index (χ3n) is 2.47. The van der Waals surface area contributed by atoms with Crippen LogP contribution in [0, 0.1) is 0 Å². The normalized spacial score (nSPS) is 11.1. The topological polar surface area (TPSA) is 85.1 Å². The van der Waals surface area contributed by atoms with Crippen LogP contribution in [0.1, 0.15) is 5.69 Å². The summed E-state index contributed by atoms with van der Waals surface area (Å²) < 4.78 is 27.5. The van der Waals surface area contributed by atoms with Gasteiger partial charge in [0.15, 0.2) is 0 Å². The van der Waals surface area contributed by atoms with Crippen molar-refractivity contribution in [1.29, 1.82) is 0 Å². The Bertz CT molecular complexity index is 795. The number of sulfonamides is 1. The van der Waals surface area contributed by atoms with E-state index in [1.54, 1.807) is 12.1 Å². The molecular formula is C12H9BrClN3O2S2. The van der Waals surface area contributed by atoms with Gasteiger partial charge >= 0.3 is 0 Å². The van der Waals surface area contributed by atoms with Crippen molar-refractivity contribution in [2.45, 2.75) is 4.90 Å². The van der Waals surface area contributed by atoms with E-state index in [0.717, 1.165) is 0 Å². The molecule has 0 saturated carbocycles. The molecule has 0 aliphatic heterocycles. The monoisotopic (exact) mass is 405 g/mol. The minimum absolute atomic E-state index is 0.00143. The average Bonchev–Trinajstić information content (AvgIpc) is 2.43. The Morgan fingerprint density at radius 2 is 2.05 bits per heavy atom. The molecule has 21 heavy (non-hydrogen) atoms. The maximum atomic E-state index is 12.2. The number of aromatic nitrogens is 1. The van der Waals surface area contributed by atoms with E-state index < -0.39 is 10.0 Å². The summed E-state index contributed by atoms with van der Waals surface area (Å²) in [6, 6.07) is 7.56. The summed E-state index contributed by atoms with van der Waals surface area (Å²) in [6.45, 7) is 0. The maximum Gasteiger partial charge on any atom is 0.263 e. The Morgan fingerprint density at radius 3 is 2.57 bits per heavy atom. The summed E-state index contributed by atoms with van der Waals surface area (Å²) in [7, 11) is -3.76. The highest BCUT2D eigenvalue weighted by Gasteiger charge is 2.15. The van der Waals surface area contributed by atoms with Gasteiger partial charge in [0.2, 0.25) is 0 Å². The van der Waals surface area contributed by atoms with Crippen LogP contribution in [-0.2, 0) is 10.0 Å². The van der Waals surface area contributed by atoms with E-state index in [9.17, 15) is 8.42 Å². The van der Waals surface area contributed by atoms with Gasteiger partial charge in [0.25, 0.3) is 10.0 Å². The van der Waals surface area contributed by atoms with Gasteiger partial charge in [-0.05, 0) is 46.3 Å². The second-order valence-corrected chi connectivity index (χ2v) is 7.36. The molecule has 0 amide bonds. The van der Waals surface area contributed by atoms with Crippen molar-refractivity contribution in [3.05, 3.63) is 51.7 Å². The average molecular weight is 407 g/mol.